The van der Waals surface area contributed by atoms with E-state index in [-0.39, 0.29) is 11.9 Å². The van der Waals surface area contributed by atoms with Gasteiger partial charge in [0.05, 0.1) is 13.1 Å². The molecule has 2 aromatic rings. The third kappa shape index (κ3) is 2.29. The van der Waals surface area contributed by atoms with E-state index in [2.05, 4.69) is 38.8 Å². The molecule has 0 spiro atoms. The number of carbonyl (C=O) groups excluding carboxylic acids is 1. The zero-order valence-corrected chi connectivity index (χ0v) is 14.7. The lowest BCUT2D eigenvalue weighted by Crippen LogP contribution is -2.35. The standard InChI is InChI=1S/C14H12Br2N2OS/c1-7-4-8-5-9(17)2-3-11(8)18(7)14(19)10-6-12(15)20-13(10)16/h2-3,5-7H,4,17H2,1H3. The summed E-state index contributed by atoms with van der Waals surface area (Å²) in [7, 11) is 0. The number of rotatable bonds is 1. The van der Waals surface area contributed by atoms with Crippen molar-refractivity contribution < 1.29 is 4.79 Å². The molecule has 3 rings (SSSR count). The summed E-state index contributed by atoms with van der Waals surface area (Å²) in [5.41, 5.74) is 9.35. The lowest BCUT2D eigenvalue weighted by Gasteiger charge is -2.22. The molecule has 1 amide bonds. The molecule has 20 heavy (non-hydrogen) atoms. The van der Waals surface area contributed by atoms with E-state index in [1.54, 1.807) is 0 Å². The van der Waals surface area contributed by atoms with Gasteiger partial charge < -0.3 is 10.6 Å². The van der Waals surface area contributed by atoms with Gasteiger partial charge in [-0.1, -0.05) is 0 Å². The SMILES string of the molecule is CC1Cc2cc(N)ccc2N1C(=O)c1cc(Br)sc1Br. The molecule has 6 heteroatoms. The van der Waals surface area contributed by atoms with Crippen LogP contribution in [0.5, 0.6) is 0 Å². The summed E-state index contributed by atoms with van der Waals surface area (Å²) in [6, 6.07) is 7.73. The summed E-state index contributed by atoms with van der Waals surface area (Å²) in [6.45, 7) is 2.06. The fourth-order valence-corrected chi connectivity index (χ4v) is 5.35. The van der Waals surface area contributed by atoms with E-state index in [0.29, 0.717) is 5.56 Å². The van der Waals surface area contributed by atoms with Crippen LogP contribution in [0.1, 0.15) is 22.8 Å². The molecular formula is C14H12Br2N2OS. The zero-order chi connectivity index (χ0) is 14.4. The van der Waals surface area contributed by atoms with E-state index in [0.717, 1.165) is 30.9 Å². The number of amides is 1. The van der Waals surface area contributed by atoms with Gasteiger partial charge in [0.2, 0.25) is 0 Å². The third-order valence-electron chi connectivity index (χ3n) is 3.43. The Morgan fingerprint density at radius 1 is 1.40 bits per heavy atom. The van der Waals surface area contributed by atoms with Crippen molar-refractivity contribution in [2.75, 3.05) is 10.6 Å². The lowest BCUT2D eigenvalue weighted by atomic mass is 10.1. The number of anilines is 2. The Balaban J connectivity index is 2.03. The van der Waals surface area contributed by atoms with Crippen molar-refractivity contribution in [3.8, 4) is 0 Å². The van der Waals surface area contributed by atoms with Crippen molar-refractivity contribution in [3.05, 3.63) is 43.0 Å². The van der Waals surface area contributed by atoms with Crippen molar-refractivity contribution in [2.24, 2.45) is 0 Å². The molecule has 3 nitrogen and oxygen atoms in total. The van der Waals surface area contributed by atoms with Crippen LogP contribution < -0.4 is 10.6 Å². The van der Waals surface area contributed by atoms with Crippen LogP contribution in [0.15, 0.2) is 31.8 Å². The van der Waals surface area contributed by atoms with Crippen LogP contribution in [0.3, 0.4) is 0 Å². The minimum Gasteiger partial charge on any atom is -0.399 e. The number of hydrogen-bond acceptors (Lipinski definition) is 3. The van der Waals surface area contributed by atoms with Crippen LogP contribution >= 0.6 is 43.2 Å². The van der Waals surface area contributed by atoms with E-state index in [4.69, 9.17) is 5.73 Å². The molecular weight excluding hydrogens is 404 g/mol. The van der Waals surface area contributed by atoms with Crippen molar-refractivity contribution in [1.82, 2.24) is 0 Å². The number of carbonyl (C=O) groups is 1. The fraction of sp³-hybridized carbons (Fsp3) is 0.214. The van der Waals surface area contributed by atoms with Gasteiger partial charge in [-0.05, 0) is 75.0 Å². The van der Waals surface area contributed by atoms with Gasteiger partial charge in [0.15, 0.2) is 0 Å². The smallest absolute Gasteiger partial charge is 0.260 e. The Hall–Kier alpha value is -0.850. The first-order chi connectivity index (χ1) is 9.47. The number of nitrogens with two attached hydrogens (primary N) is 1. The van der Waals surface area contributed by atoms with Crippen LogP contribution in [0, 0.1) is 0 Å². The summed E-state index contributed by atoms with van der Waals surface area (Å²) < 4.78 is 1.79. The number of halogens is 2. The van der Waals surface area contributed by atoms with Crippen LogP contribution in [0.4, 0.5) is 11.4 Å². The molecule has 1 aromatic heterocycles. The van der Waals surface area contributed by atoms with Crippen LogP contribution in [0.2, 0.25) is 0 Å². The highest BCUT2D eigenvalue weighted by molar-refractivity contribution is 9.12. The Kier molecular flexibility index (Phi) is 3.64. The predicted octanol–water partition coefficient (Wildman–Crippen LogP) is 4.45. The maximum absolute atomic E-state index is 12.8. The largest absolute Gasteiger partial charge is 0.399 e. The summed E-state index contributed by atoms with van der Waals surface area (Å²) >= 11 is 8.38. The number of thiophene rings is 1. The van der Waals surface area contributed by atoms with Crippen LogP contribution in [-0.2, 0) is 6.42 Å². The Morgan fingerprint density at radius 3 is 2.80 bits per heavy atom. The number of fused-ring (bicyclic) bond motifs is 1. The second kappa shape index (κ2) is 5.16. The van der Waals surface area contributed by atoms with Crippen molar-refractivity contribution in [1.29, 1.82) is 0 Å². The highest BCUT2D eigenvalue weighted by Gasteiger charge is 2.32. The fourth-order valence-electron chi connectivity index (χ4n) is 2.58. The molecule has 0 bridgehead atoms. The Labute approximate surface area is 138 Å². The summed E-state index contributed by atoms with van der Waals surface area (Å²) in [5.74, 6) is 0.0230. The van der Waals surface area contributed by atoms with Crippen molar-refractivity contribution >= 4 is 60.5 Å². The average molecular weight is 416 g/mol. The number of nitrogen functional groups attached to an aromatic ring is 1. The van der Waals surface area contributed by atoms with Gasteiger partial charge in [-0.3, -0.25) is 4.79 Å². The van der Waals surface area contributed by atoms with Gasteiger partial charge >= 0.3 is 0 Å². The number of benzene rings is 1. The average Bonchev–Trinajstić information content (AvgIpc) is 2.87. The predicted molar refractivity (Wildman–Crippen MR) is 90.5 cm³/mol. The van der Waals surface area contributed by atoms with Crippen molar-refractivity contribution in [2.45, 2.75) is 19.4 Å². The first-order valence-corrected chi connectivity index (χ1v) is 8.54. The van der Waals surface area contributed by atoms with E-state index >= 15 is 0 Å². The summed E-state index contributed by atoms with van der Waals surface area (Å²) in [5, 5.41) is 0. The Morgan fingerprint density at radius 2 is 2.15 bits per heavy atom. The molecule has 0 aliphatic carbocycles. The summed E-state index contributed by atoms with van der Waals surface area (Å²) in [6.07, 6.45) is 0.842. The quantitative estimate of drug-likeness (QED) is 0.699. The van der Waals surface area contributed by atoms with Crippen LogP contribution in [0.25, 0.3) is 0 Å². The Bertz CT molecular complexity index is 698. The zero-order valence-electron chi connectivity index (χ0n) is 10.7. The lowest BCUT2D eigenvalue weighted by molar-refractivity contribution is 0.0981. The molecule has 1 aliphatic heterocycles. The molecule has 1 unspecified atom stereocenters. The molecule has 0 radical (unpaired) electrons. The maximum Gasteiger partial charge on any atom is 0.260 e. The molecule has 2 N–H and O–H groups in total. The molecule has 0 saturated carbocycles. The second-order valence-corrected chi connectivity index (χ2v) is 8.60. The molecule has 104 valence electrons. The molecule has 1 atom stereocenters. The first kappa shape index (κ1) is 14.1. The topological polar surface area (TPSA) is 46.3 Å². The van der Waals surface area contributed by atoms with E-state index < -0.39 is 0 Å². The molecule has 0 saturated heterocycles. The van der Waals surface area contributed by atoms with Crippen molar-refractivity contribution in [3.63, 3.8) is 0 Å². The van der Waals surface area contributed by atoms with Gasteiger partial charge in [-0.2, -0.15) is 0 Å². The third-order valence-corrected chi connectivity index (χ3v) is 5.76. The minimum absolute atomic E-state index is 0.0230. The van der Waals surface area contributed by atoms with Gasteiger partial charge in [-0.15, -0.1) is 11.3 Å². The molecule has 1 aromatic carbocycles. The number of hydrogen-bond donors (Lipinski definition) is 1. The van der Waals surface area contributed by atoms with E-state index in [1.165, 1.54) is 11.3 Å². The van der Waals surface area contributed by atoms with Gasteiger partial charge in [0.1, 0.15) is 0 Å². The first-order valence-electron chi connectivity index (χ1n) is 6.14. The summed E-state index contributed by atoms with van der Waals surface area (Å²) in [4.78, 5) is 14.6. The van der Waals surface area contributed by atoms with E-state index in [9.17, 15) is 4.79 Å². The van der Waals surface area contributed by atoms with Crippen LogP contribution in [-0.4, -0.2) is 11.9 Å². The second-order valence-electron chi connectivity index (χ2n) is 4.85. The van der Waals surface area contributed by atoms with Gasteiger partial charge in [-0.25, -0.2) is 0 Å². The molecule has 0 fully saturated rings. The molecule has 2 heterocycles. The normalized spacial score (nSPS) is 17.4. The number of nitrogens with zero attached hydrogens (tertiary/aromatic N) is 1. The highest BCUT2D eigenvalue weighted by Crippen LogP contribution is 2.38. The van der Waals surface area contributed by atoms with E-state index in [1.807, 2.05) is 29.2 Å². The monoisotopic (exact) mass is 414 g/mol. The minimum atomic E-state index is 0.0230. The van der Waals surface area contributed by atoms with Gasteiger partial charge in [0.25, 0.3) is 5.91 Å². The van der Waals surface area contributed by atoms with Gasteiger partial charge in [0, 0.05) is 17.4 Å². The maximum atomic E-state index is 12.8. The highest BCUT2D eigenvalue weighted by atomic mass is 79.9. The molecule has 1 aliphatic rings.